The van der Waals surface area contributed by atoms with Crippen molar-refractivity contribution in [2.75, 3.05) is 79.0 Å². The van der Waals surface area contributed by atoms with Crippen molar-refractivity contribution in [3.63, 3.8) is 0 Å². The molecule has 640 valence electrons. The van der Waals surface area contributed by atoms with Crippen LogP contribution < -0.4 is 14.2 Å². The second kappa shape index (κ2) is 39.9. The molecule has 125 heavy (non-hydrogen) atoms. The van der Waals surface area contributed by atoms with Crippen molar-refractivity contribution in [1.29, 1.82) is 0 Å². The minimum atomic E-state index is -2.46. The third kappa shape index (κ3) is 20.2. The number of hydrogen-bond acceptors (Lipinski definition) is 22. The standard InChI is InChI=1S/C100H91O24P/c1-7-90(102)118-59-73(122-96(110)82-25-11-10-24-80(82)93(105)106)56-115-70-44-38-67(39-45-70)100(88-28-18-14-22-78(88)79-23-15-19-29-89(79)100)68-40-46-72(47-41-68)116-57-74(60-119-91(103)8-2)123-97(111)84-52-63(32-48-81(84)94(107)108)64-33-49-83(95(109)121-55-69(101)54-114-50-51-125(5,6)113)85(53-64)98(112)124-75(61-120-92(104)9-3)58-117-71-42-36-66(37-43-71)99(65-34-30-62(4)31-35-65)86-26-16-12-20-76(86)77-21-13-17-27-87(77)99/h7-23,26-49,52-53,69,73-75,80,82,101H,1-3,24-25,50-51,54-61H2,4-6H3,(H,105,106)(H,107,108). The molecule has 0 aliphatic heterocycles. The van der Waals surface area contributed by atoms with E-state index in [0.717, 1.165) is 96.6 Å². The molecule has 0 amide bonds. The molecule has 0 bridgehead atoms. The number of allylic oxidation sites excluding steroid dienone is 2. The van der Waals surface area contributed by atoms with Crippen molar-refractivity contribution in [3.8, 4) is 50.6 Å². The number of rotatable bonds is 39. The zero-order chi connectivity index (χ0) is 88.5. The van der Waals surface area contributed by atoms with Crippen LogP contribution in [0.15, 0.2) is 281 Å². The number of benzene rings is 10. The minimum Gasteiger partial charge on any atom is -0.490 e. The van der Waals surface area contributed by atoms with E-state index in [1.165, 1.54) is 30.3 Å². The summed E-state index contributed by atoms with van der Waals surface area (Å²) in [4.78, 5) is 120. The lowest BCUT2D eigenvalue weighted by Gasteiger charge is -2.34. The van der Waals surface area contributed by atoms with Gasteiger partial charge in [0.2, 0.25) is 0 Å². The molecule has 10 aromatic rings. The maximum absolute atomic E-state index is 15.0. The Kier molecular flexibility index (Phi) is 28.3. The minimum absolute atomic E-state index is 0.0546. The highest BCUT2D eigenvalue weighted by Gasteiger charge is 2.48. The van der Waals surface area contributed by atoms with Crippen molar-refractivity contribution < 1.29 is 115 Å². The molecule has 3 N–H and O–H groups in total. The van der Waals surface area contributed by atoms with E-state index in [9.17, 15) is 58.2 Å². The number of fused-ring (bicyclic) bond motifs is 6. The predicted molar refractivity (Wildman–Crippen MR) is 464 cm³/mol. The van der Waals surface area contributed by atoms with Gasteiger partial charge in [-0.15, -0.1) is 0 Å². The van der Waals surface area contributed by atoms with Gasteiger partial charge >= 0.3 is 53.7 Å². The number of ether oxygens (including phenoxy) is 11. The molecule has 6 unspecified atom stereocenters. The van der Waals surface area contributed by atoms with Gasteiger partial charge in [-0.3, -0.25) is 9.59 Å². The fourth-order valence-electron chi connectivity index (χ4n) is 15.9. The maximum atomic E-state index is 15.0. The Bertz CT molecular complexity index is 5710. The molecule has 3 aliphatic rings. The summed E-state index contributed by atoms with van der Waals surface area (Å²) in [6, 6.07) is 70.4. The zero-order valence-corrected chi connectivity index (χ0v) is 69.7. The van der Waals surface area contributed by atoms with Gasteiger partial charge in [0.1, 0.15) is 69.6 Å². The van der Waals surface area contributed by atoms with Crippen LogP contribution in [0.5, 0.6) is 17.2 Å². The van der Waals surface area contributed by atoms with E-state index in [2.05, 4.69) is 68.3 Å². The Morgan fingerprint density at radius 2 is 0.776 bits per heavy atom. The molecule has 0 heterocycles. The van der Waals surface area contributed by atoms with Crippen LogP contribution in [0.2, 0.25) is 0 Å². The van der Waals surface area contributed by atoms with Gasteiger partial charge in [0.05, 0.1) is 65.3 Å². The van der Waals surface area contributed by atoms with Crippen molar-refractivity contribution >= 4 is 60.9 Å². The van der Waals surface area contributed by atoms with Crippen LogP contribution in [0.3, 0.4) is 0 Å². The molecule has 0 spiro atoms. The first-order valence-electron chi connectivity index (χ1n) is 40.3. The molecule has 6 atom stereocenters. The van der Waals surface area contributed by atoms with Crippen molar-refractivity contribution in [3.05, 3.63) is 353 Å². The van der Waals surface area contributed by atoms with Crippen LogP contribution in [0, 0.1) is 18.8 Å². The van der Waals surface area contributed by atoms with E-state index >= 15 is 4.79 Å². The molecule has 0 fully saturated rings. The highest BCUT2D eigenvalue weighted by atomic mass is 31.2. The Morgan fingerprint density at radius 1 is 0.416 bits per heavy atom. The summed E-state index contributed by atoms with van der Waals surface area (Å²) < 4.78 is 76.3. The summed E-state index contributed by atoms with van der Waals surface area (Å²) in [5.41, 5.74) is 9.47. The Hall–Kier alpha value is -14.1. The van der Waals surface area contributed by atoms with E-state index < -0.39 is 164 Å². The van der Waals surface area contributed by atoms with Crippen LogP contribution in [0.1, 0.15) is 104 Å². The summed E-state index contributed by atoms with van der Waals surface area (Å²) in [6.45, 7) is 12.1. The van der Waals surface area contributed by atoms with Gasteiger partial charge in [0.15, 0.2) is 18.3 Å². The molecule has 25 heteroatoms. The van der Waals surface area contributed by atoms with E-state index in [0.29, 0.717) is 11.5 Å². The molecule has 10 aromatic carbocycles. The maximum Gasteiger partial charge on any atom is 0.339 e. The second-order valence-electron chi connectivity index (χ2n) is 30.6. The number of esters is 7. The number of aliphatic hydroxyl groups is 1. The fraction of sp³-hybridized carbons (Fsp3) is 0.230. The monoisotopic (exact) mass is 1710 g/mol. The first kappa shape index (κ1) is 88.7. The molecule has 0 saturated heterocycles. The zero-order valence-electron chi connectivity index (χ0n) is 68.8. The Balaban J connectivity index is 0.756. The number of aliphatic carboxylic acids is 1. The van der Waals surface area contributed by atoms with Gasteiger partial charge in [-0.2, -0.15) is 0 Å². The van der Waals surface area contributed by atoms with Gasteiger partial charge in [0.25, 0.3) is 0 Å². The first-order chi connectivity index (χ1) is 60.3. The Labute approximate surface area is 721 Å². The normalized spacial score (nSPS) is 15.1. The lowest BCUT2D eigenvalue weighted by molar-refractivity contribution is -0.167. The number of carboxylic acids is 2. The summed E-state index contributed by atoms with van der Waals surface area (Å²) >= 11 is 0. The topological polar surface area (TPSA) is 333 Å². The third-order valence-electron chi connectivity index (χ3n) is 21.9. The number of aliphatic hydroxyl groups excluding tert-OH is 1. The lowest BCUT2D eigenvalue weighted by atomic mass is 9.67. The lowest BCUT2D eigenvalue weighted by Crippen LogP contribution is -2.37. The van der Waals surface area contributed by atoms with Gasteiger partial charge in [-0.25, -0.2) is 33.6 Å². The summed E-state index contributed by atoms with van der Waals surface area (Å²) in [7, 11) is -2.46. The average Bonchev–Trinajstić information content (AvgIpc) is 1.52. The van der Waals surface area contributed by atoms with Gasteiger partial charge < -0.3 is 72.0 Å². The average molecular weight is 1710 g/mol. The number of aromatic carboxylic acids is 1. The van der Waals surface area contributed by atoms with Crippen LogP contribution in [0.25, 0.3) is 33.4 Å². The predicted octanol–water partition coefficient (Wildman–Crippen LogP) is 15.6. The number of carbonyl (C=O) groups excluding carboxylic acids is 7. The molecule has 13 rings (SSSR count). The SMILES string of the molecule is C=CC(=O)OCC(COc1ccc(C2(c3ccc(OCC(COC(=O)C=C)OC(=O)C4CC=CCC4C(=O)O)cc3)c3ccccc3-c3ccccc32)cc1)OC(=O)c1cc(-c2ccc(C(=O)OCC(O)COCCP(C)(C)=O)c(C(=O)OC(COC(=O)C=C)COc3ccc(C4(c5ccc(C)cc5)c5ccccc5-c5ccccc54)cc3)c2)ccc1C(=O)O. The van der Waals surface area contributed by atoms with Gasteiger partial charge in [0, 0.05) is 24.4 Å². The largest absolute Gasteiger partial charge is 0.490 e. The molecular weight excluding hydrogens is 1620 g/mol. The van der Waals surface area contributed by atoms with Crippen molar-refractivity contribution in [1.82, 2.24) is 0 Å². The Morgan fingerprint density at radius 3 is 1.15 bits per heavy atom. The van der Waals surface area contributed by atoms with Crippen LogP contribution >= 0.6 is 7.14 Å². The van der Waals surface area contributed by atoms with Gasteiger partial charge in [-0.05, 0) is 172 Å². The number of carbonyl (C=O) groups is 9. The molecular formula is C100H91O24P. The number of hydrogen-bond donors (Lipinski definition) is 3. The van der Waals surface area contributed by atoms with Crippen molar-refractivity contribution in [2.45, 2.75) is 55.0 Å². The number of carboxylic acid groups (broad SMARTS) is 2. The summed E-state index contributed by atoms with van der Waals surface area (Å²) in [5.74, 6) is -10.5. The quantitative estimate of drug-likeness (QED) is 0.00804. The first-order valence-corrected chi connectivity index (χ1v) is 43.1. The van der Waals surface area contributed by atoms with Crippen LogP contribution in [0.4, 0.5) is 0 Å². The molecule has 0 radical (unpaired) electrons. The smallest absolute Gasteiger partial charge is 0.339 e. The van der Waals surface area contributed by atoms with Crippen LogP contribution in [-0.2, 0) is 77.3 Å². The van der Waals surface area contributed by atoms with E-state index in [1.54, 1.807) is 61.9 Å². The molecule has 0 aromatic heterocycles. The summed E-state index contributed by atoms with van der Waals surface area (Å²) in [6.07, 6.45) is 1.43. The molecule has 3 aliphatic carbocycles. The van der Waals surface area contributed by atoms with Gasteiger partial charge in [-0.1, -0.05) is 207 Å². The molecule has 24 nitrogen and oxygen atoms in total. The van der Waals surface area contributed by atoms with E-state index in [1.807, 2.05) is 116 Å². The van der Waals surface area contributed by atoms with Crippen LogP contribution in [-0.4, -0.2) is 172 Å². The third-order valence-corrected chi connectivity index (χ3v) is 23.2. The van der Waals surface area contributed by atoms with E-state index in [4.69, 9.17) is 52.1 Å². The highest BCUT2D eigenvalue weighted by Crippen LogP contribution is 2.58. The van der Waals surface area contributed by atoms with Crippen molar-refractivity contribution in [2.24, 2.45) is 11.8 Å². The highest BCUT2D eigenvalue weighted by molar-refractivity contribution is 7.62. The molecule has 0 saturated carbocycles. The second-order valence-corrected chi connectivity index (χ2v) is 34.2. The number of aryl methyl sites for hydroxylation is 1. The van der Waals surface area contributed by atoms with E-state index in [-0.39, 0.29) is 61.3 Å². The summed E-state index contributed by atoms with van der Waals surface area (Å²) in [5, 5.41) is 31.4. The fourth-order valence-corrected chi connectivity index (χ4v) is 16.4.